The van der Waals surface area contributed by atoms with E-state index in [0.717, 1.165) is 11.3 Å². The molecule has 0 spiro atoms. The van der Waals surface area contributed by atoms with Crippen molar-refractivity contribution in [2.24, 2.45) is 0 Å². The third kappa shape index (κ3) is 2.14. The lowest BCUT2D eigenvalue weighted by Crippen LogP contribution is -2.07. The number of aliphatic hydroxyl groups is 1. The Kier molecular flexibility index (Phi) is 3.06. The highest BCUT2D eigenvalue weighted by Crippen LogP contribution is 2.23. The Morgan fingerprint density at radius 1 is 1.38 bits per heavy atom. The molecule has 1 atom stereocenters. The predicted octanol–water partition coefficient (Wildman–Crippen LogP) is 1.72. The van der Waals surface area contributed by atoms with Crippen LogP contribution in [-0.4, -0.2) is 23.6 Å². The summed E-state index contributed by atoms with van der Waals surface area (Å²) in [6, 6.07) is 9.34. The highest BCUT2D eigenvalue weighted by atomic mass is 16.5. The first-order valence-corrected chi connectivity index (χ1v) is 5.27. The molecule has 0 heterocycles. The molecule has 3 heteroatoms. The van der Waals surface area contributed by atoms with Crippen molar-refractivity contribution in [3.05, 3.63) is 41.5 Å². The molecule has 1 aromatic rings. The van der Waals surface area contributed by atoms with Gasteiger partial charge in [0.15, 0.2) is 5.78 Å². The van der Waals surface area contributed by atoms with Gasteiger partial charge in [-0.05, 0) is 24.6 Å². The van der Waals surface area contributed by atoms with Crippen LogP contribution in [0.15, 0.2) is 41.5 Å². The summed E-state index contributed by atoms with van der Waals surface area (Å²) in [7, 11) is 0. The van der Waals surface area contributed by atoms with Crippen LogP contribution in [-0.2, 0) is 4.79 Å². The number of ether oxygens (including phenoxy) is 1. The maximum Gasteiger partial charge on any atom is 0.165 e. The minimum absolute atomic E-state index is 0.0130. The monoisotopic (exact) mass is 218 g/mol. The summed E-state index contributed by atoms with van der Waals surface area (Å²) in [5, 5.41) is 9.50. The third-order valence-electron chi connectivity index (χ3n) is 2.82. The lowest BCUT2D eigenvalue weighted by atomic mass is 10.2. The van der Waals surface area contributed by atoms with Crippen molar-refractivity contribution < 1.29 is 14.6 Å². The molecule has 0 radical (unpaired) electrons. The number of carbonyl (C=O) groups excluding carboxylic acids is 1. The third-order valence-corrected chi connectivity index (χ3v) is 2.82. The zero-order chi connectivity index (χ0) is 11.5. The molecule has 0 aliphatic heterocycles. The number of Topliss-reactive ketones (excluding diaryl/α,β-unsaturated/α-hetero) is 1. The Morgan fingerprint density at radius 2 is 2.06 bits per heavy atom. The van der Waals surface area contributed by atoms with E-state index in [2.05, 4.69) is 0 Å². The number of carbonyl (C=O) groups is 1. The van der Waals surface area contributed by atoms with E-state index >= 15 is 0 Å². The zero-order valence-corrected chi connectivity index (χ0v) is 9.14. The number of ketones is 1. The Labute approximate surface area is 94.4 Å². The van der Waals surface area contributed by atoms with Gasteiger partial charge >= 0.3 is 0 Å². The van der Waals surface area contributed by atoms with Crippen molar-refractivity contribution in [2.45, 2.75) is 19.4 Å². The SMILES string of the molecule is CC1=C(COc2ccccc2)C(=O)CC1O. The molecule has 3 nitrogen and oxygen atoms in total. The molecule has 84 valence electrons. The standard InChI is InChI=1S/C13H14O3/c1-9-11(13(15)7-12(9)14)8-16-10-5-3-2-4-6-10/h2-6,12,14H,7-8H2,1H3. The van der Waals surface area contributed by atoms with Gasteiger partial charge in [0.25, 0.3) is 0 Å². The van der Waals surface area contributed by atoms with Crippen molar-refractivity contribution in [1.82, 2.24) is 0 Å². The van der Waals surface area contributed by atoms with Crippen LogP contribution in [0.1, 0.15) is 13.3 Å². The lowest BCUT2D eigenvalue weighted by Gasteiger charge is -2.07. The maximum absolute atomic E-state index is 11.5. The average Bonchev–Trinajstić information content (AvgIpc) is 2.53. The first-order chi connectivity index (χ1) is 7.68. The van der Waals surface area contributed by atoms with E-state index in [0.29, 0.717) is 5.57 Å². The topological polar surface area (TPSA) is 46.5 Å². The molecule has 16 heavy (non-hydrogen) atoms. The van der Waals surface area contributed by atoms with Gasteiger partial charge in [0.05, 0.1) is 6.10 Å². The number of para-hydroxylation sites is 1. The van der Waals surface area contributed by atoms with E-state index in [1.165, 1.54) is 0 Å². The summed E-state index contributed by atoms with van der Waals surface area (Å²) in [4.78, 5) is 11.5. The van der Waals surface area contributed by atoms with E-state index < -0.39 is 6.10 Å². The van der Waals surface area contributed by atoms with E-state index in [1.54, 1.807) is 6.92 Å². The lowest BCUT2D eigenvalue weighted by molar-refractivity contribution is -0.116. The second-order valence-corrected chi connectivity index (χ2v) is 3.91. The van der Waals surface area contributed by atoms with E-state index in [9.17, 15) is 9.90 Å². The van der Waals surface area contributed by atoms with Crippen LogP contribution >= 0.6 is 0 Å². The van der Waals surface area contributed by atoms with Crippen molar-refractivity contribution >= 4 is 5.78 Å². The molecule has 1 unspecified atom stereocenters. The molecule has 0 amide bonds. The van der Waals surface area contributed by atoms with Crippen molar-refractivity contribution in [1.29, 1.82) is 0 Å². The van der Waals surface area contributed by atoms with Crippen LogP contribution in [0, 0.1) is 0 Å². The van der Waals surface area contributed by atoms with E-state index in [-0.39, 0.29) is 18.8 Å². The van der Waals surface area contributed by atoms with Gasteiger partial charge < -0.3 is 9.84 Å². The molecule has 1 N–H and O–H groups in total. The van der Waals surface area contributed by atoms with Gasteiger partial charge in [-0.1, -0.05) is 18.2 Å². The smallest absolute Gasteiger partial charge is 0.165 e. The molecule has 0 saturated carbocycles. The summed E-state index contributed by atoms with van der Waals surface area (Å²) in [5.74, 6) is 0.720. The number of hydrogen-bond donors (Lipinski definition) is 1. The van der Waals surface area contributed by atoms with E-state index in [1.807, 2.05) is 30.3 Å². The van der Waals surface area contributed by atoms with Gasteiger partial charge in [0.1, 0.15) is 12.4 Å². The molecule has 0 fully saturated rings. The number of rotatable bonds is 3. The minimum Gasteiger partial charge on any atom is -0.489 e. The van der Waals surface area contributed by atoms with Gasteiger partial charge in [-0.25, -0.2) is 0 Å². The fourth-order valence-electron chi connectivity index (χ4n) is 1.74. The Balaban J connectivity index is 2.04. The summed E-state index contributed by atoms with van der Waals surface area (Å²) in [6.45, 7) is 2.02. The van der Waals surface area contributed by atoms with Gasteiger partial charge in [0, 0.05) is 12.0 Å². The van der Waals surface area contributed by atoms with Crippen LogP contribution in [0.5, 0.6) is 5.75 Å². The van der Waals surface area contributed by atoms with E-state index in [4.69, 9.17) is 4.74 Å². The normalized spacial score (nSPS) is 20.4. The second kappa shape index (κ2) is 4.49. The largest absolute Gasteiger partial charge is 0.489 e. The van der Waals surface area contributed by atoms with Crippen LogP contribution in [0.2, 0.25) is 0 Å². The van der Waals surface area contributed by atoms with Crippen LogP contribution < -0.4 is 4.74 Å². The molecule has 1 aromatic carbocycles. The molecular formula is C13H14O3. The average molecular weight is 218 g/mol. The van der Waals surface area contributed by atoms with Crippen molar-refractivity contribution in [3.8, 4) is 5.75 Å². The molecule has 1 aliphatic rings. The highest BCUT2D eigenvalue weighted by molar-refractivity contribution is 5.99. The van der Waals surface area contributed by atoms with Gasteiger partial charge in [0.2, 0.25) is 0 Å². The fourth-order valence-corrected chi connectivity index (χ4v) is 1.74. The first kappa shape index (κ1) is 10.9. The summed E-state index contributed by atoms with van der Waals surface area (Å²) in [5.41, 5.74) is 1.34. The Hall–Kier alpha value is -1.61. The highest BCUT2D eigenvalue weighted by Gasteiger charge is 2.27. The summed E-state index contributed by atoms with van der Waals surface area (Å²) < 4.78 is 5.49. The van der Waals surface area contributed by atoms with Gasteiger partial charge in [-0.2, -0.15) is 0 Å². The minimum atomic E-state index is -0.623. The van der Waals surface area contributed by atoms with Gasteiger partial charge in [-0.3, -0.25) is 4.79 Å². The first-order valence-electron chi connectivity index (χ1n) is 5.27. The van der Waals surface area contributed by atoms with Crippen LogP contribution in [0.3, 0.4) is 0 Å². The number of aliphatic hydroxyl groups excluding tert-OH is 1. The number of benzene rings is 1. The maximum atomic E-state index is 11.5. The van der Waals surface area contributed by atoms with Crippen molar-refractivity contribution in [2.75, 3.05) is 6.61 Å². The Morgan fingerprint density at radius 3 is 2.62 bits per heavy atom. The van der Waals surface area contributed by atoms with Crippen LogP contribution in [0.4, 0.5) is 0 Å². The molecule has 0 saturated heterocycles. The Bertz CT molecular complexity index is 420. The molecule has 2 rings (SSSR count). The van der Waals surface area contributed by atoms with Crippen LogP contribution in [0.25, 0.3) is 0 Å². The second-order valence-electron chi connectivity index (χ2n) is 3.91. The quantitative estimate of drug-likeness (QED) is 0.840. The predicted molar refractivity (Wildman–Crippen MR) is 60.3 cm³/mol. The summed E-state index contributed by atoms with van der Waals surface area (Å²) in [6.07, 6.45) is -0.429. The van der Waals surface area contributed by atoms with Crippen molar-refractivity contribution in [3.63, 3.8) is 0 Å². The number of hydrogen-bond acceptors (Lipinski definition) is 3. The fraction of sp³-hybridized carbons (Fsp3) is 0.308. The molecular weight excluding hydrogens is 204 g/mol. The molecule has 1 aliphatic carbocycles. The zero-order valence-electron chi connectivity index (χ0n) is 9.14. The van der Waals surface area contributed by atoms with Gasteiger partial charge in [-0.15, -0.1) is 0 Å². The summed E-state index contributed by atoms with van der Waals surface area (Å²) >= 11 is 0. The molecule has 0 bridgehead atoms. The molecule has 0 aromatic heterocycles.